The van der Waals surface area contributed by atoms with Gasteiger partial charge in [0.05, 0.1) is 25.9 Å². The predicted molar refractivity (Wildman–Crippen MR) is 131 cm³/mol. The summed E-state index contributed by atoms with van der Waals surface area (Å²) in [7, 11) is 0. The lowest BCUT2D eigenvalue weighted by Gasteiger charge is -2.28. The lowest BCUT2D eigenvalue weighted by atomic mass is 10.00. The van der Waals surface area contributed by atoms with Crippen LogP contribution < -0.4 is 15.0 Å². The zero-order valence-corrected chi connectivity index (χ0v) is 20.8. The maximum absolute atomic E-state index is 12.7. The number of carbonyl (C=O) groups is 1. The summed E-state index contributed by atoms with van der Waals surface area (Å²) in [6.07, 6.45) is -6.14. The van der Waals surface area contributed by atoms with Crippen molar-refractivity contribution in [3.63, 3.8) is 0 Å². The number of pyridine rings is 1. The number of amides is 2. The fourth-order valence-corrected chi connectivity index (χ4v) is 4.32. The van der Waals surface area contributed by atoms with Crippen LogP contribution in [0.5, 0.6) is 5.88 Å². The second-order valence-corrected chi connectivity index (χ2v) is 9.14. The van der Waals surface area contributed by atoms with Crippen LogP contribution in [0.3, 0.4) is 0 Å². The molecule has 2 atom stereocenters. The molecule has 0 saturated carbocycles. The number of aryl methyl sites for hydroxylation is 1. The molecular formula is C25H31F3N4O5. The van der Waals surface area contributed by atoms with Crippen LogP contribution in [0, 0.1) is 6.92 Å². The normalized spacial score (nSPS) is 19.1. The Labute approximate surface area is 213 Å². The van der Waals surface area contributed by atoms with Crippen LogP contribution in [0.2, 0.25) is 0 Å². The molecule has 202 valence electrons. The average Bonchev–Trinajstić information content (AvgIpc) is 3.32. The van der Waals surface area contributed by atoms with Gasteiger partial charge in [-0.1, -0.05) is 6.07 Å². The fraction of sp³-hybridized carbons (Fsp3) is 0.520. The minimum absolute atomic E-state index is 0.114. The topological polar surface area (TPSA) is 96.4 Å². The van der Waals surface area contributed by atoms with Crippen LogP contribution in [-0.4, -0.2) is 85.6 Å². The van der Waals surface area contributed by atoms with Crippen LogP contribution in [0.1, 0.15) is 18.9 Å². The molecule has 12 heteroatoms. The summed E-state index contributed by atoms with van der Waals surface area (Å²) in [6, 6.07) is 8.64. The highest BCUT2D eigenvalue weighted by atomic mass is 19.4. The Morgan fingerprint density at radius 2 is 2.00 bits per heavy atom. The first-order valence-electron chi connectivity index (χ1n) is 12.1. The third kappa shape index (κ3) is 7.24. The lowest BCUT2D eigenvalue weighted by Crippen LogP contribution is -2.36. The molecule has 3 heterocycles. The molecule has 0 radical (unpaired) electrons. The summed E-state index contributed by atoms with van der Waals surface area (Å²) in [4.78, 5) is 20.8. The fourth-order valence-electron chi connectivity index (χ4n) is 4.32. The summed E-state index contributed by atoms with van der Waals surface area (Å²) in [6.45, 7) is 6.07. The maximum atomic E-state index is 12.7. The molecule has 0 unspecified atom stereocenters. The summed E-state index contributed by atoms with van der Waals surface area (Å²) < 4.78 is 52.9. The van der Waals surface area contributed by atoms with Gasteiger partial charge < -0.3 is 29.7 Å². The number of ether oxygens (including phenoxy) is 3. The number of morpholine rings is 1. The smallest absolute Gasteiger partial charge is 0.472 e. The van der Waals surface area contributed by atoms with Gasteiger partial charge in [-0.25, -0.2) is 4.79 Å². The highest BCUT2D eigenvalue weighted by molar-refractivity contribution is 5.90. The molecule has 2 aliphatic heterocycles. The van der Waals surface area contributed by atoms with Crippen molar-refractivity contribution in [2.24, 2.45) is 0 Å². The van der Waals surface area contributed by atoms with E-state index >= 15 is 0 Å². The van der Waals surface area contributed by atoms with E-state index in [1.165, 1.54) is 4.90 Å². The number of aromatic nitrogens is 1. The minimum atomic E-state index is -4.73. The summed E-state index contributed by atoms with van der Waals surface area (Å²) >= 11 is 0. The van der Waals surface area contributed by atoms with Crippen molar-refractivity contribution in [1.29, 1.82) is 0 Å². The van der Waals surface area contributed by atoms with Gasteiger partial charge in [0, 0.05) is 37.9 Å². The highest BCUT2D eigenvalue weighted by Gasteiger charge is 2.37. The van der Waals surface area contributed by atoms with Gasteiger partial charge in [-0.3, -0.25) is 4.74 Å². The quantitative estimate of drug-likeness (QED) is 0.569. The molecule has 2 N–H and O–H groups in total. The zero-order valence-electron chi connectivity index (χ0n) is 20.8. The van der Waals surface area contributed by atoms with Gasteiger partial charge in [-0.2, -0.15) is 4.98 Å². The van der Waals surface area contributed by atoms with Crippen molar-refractivity contribution in [2.75, 3.05) is 56.2 Å². The van der Waals surface area contributed by atoms with E-state index in [0.717, 1.165) is 16.7 Å². The highest BCUT2D eigenvalue weighted by Crippen LogP contribution is 2.33. The zero-order chi connectivity index (χ0) is 26.6. The Morgan fingerprint density at radius 3 is 2.70 bits per heavy atom. The van der Waals surface area contributed by atoms with E-state index in [0.29, 0.717) is 43.7 Å². The molecule has 1 aromatic carbocycles. The Kier molecular flexibility index (Phi) is 8.40. The molecule has 9 nitrogen and oxygen atoms in total. The van der Waals surface area contributed by atoms with Gasteiger partial charge in [0.1, 0.15) is 11.9 Å². The van der Waals surface area contributed by atoms with Crippen molar-refractivity contribution >= 4 is 17.5 Å². The van der Waals surface area contributed by atoms with Gasteiger partial charge in [0.25, 0.3) is 0 Å². The van der Waals surface area contributed by atoms with Crippen molar-refractivity contribution in [3.8, 4) is 17.0 Å². The number of hydrogen-bond acceptors (Lipinski definition) is 7. The Balaban J connectivity index is 1.55. The summed E-state index contributed by atoms with van der Waals surface area (Å²) in [5.74, 6) is 1.07. The van der Waals surface area contributed by atoms with Gasteiger partial charge >= 0.3 is 12.4 Å². The molecule has 2 aromatic rings. The van der Waals surface area contributed by atoms with Gasteiger partial charge in [-0.15, -0.1) is 13.2 Å². The number of nitrogens with zero attached hydrogens (tertiary/aromatic N) is 3. The number of hydrogen-bond donors (Lipinski definition) is 2. The first-order chi connectivity index (χ1) is 17.6. The Bertz CT molecular complexity index is 1090. The number of likely N-dealkylation sites (tertiary alicyclic amines) is 1. The largest absolute Gasteiger partial charge is 0.522 e. The molecule has 1 aromatic heterocycles. The predicted octanol–water partition coefficient (Wildman–Crippen LogP) is 3.80. The van der Waals surface area contributed by atoms with Crippen LogP contribution in [-0.2, 0) is 9.47 Å². The number of alkyl halides is 3. The molecule has 0 aliphatic carbocycles. The molecule has 2 amide bonds. The maximum Gasteiger partial charge on any atom is 0.522 e. The molecule has 4 rings (SSSR count). The van der Waals surface area contributed by atoms with E-state index in [2.05, 4.69) is 19.9 Å². The molecule has 0 bridgehead atoms. The Hall–Kier alpha value is -3.09. The van der Waals surface area contributed by atoms with Crippen LogP contribution in [0.15, 0.2) is 30.3 Å². The van der Waals surface area contributed by atoms with E-state index in [-0.39, 0.29) is 26.1 Å². The standard InChI is InChI=1S/C25H31F3N4O5/c1-16-3-4-19(29-24(34)32-6-5-20(14-32)37-25(26,27)28)13-21(16)18-11-22(31-7-9-35-10-8-31)30-23(12-18)36-17(2)15-33/h3-4,11-13,17,20,33H,5-10,14-15H2,1-2H3,(H,29,34)/t17-,20-/m0/s1. The number of carbonyl (C=O) groups excluding carboxylic acids is 1. The van der Waals surface area contributed by atoms with Crippen LogP contribution in [0.4, 0.5) is 29.5 Å². The number of anilines is 2. The van der Waals surface area contributed by atoms with Crippen LogP contribution >= 0.6 is 0 Å². The number of nitrogens with one attached hydrogen (secondary N) is 1. The first-order valence-corrected chi connectivity index (χ1v) is 12.1. The molecule has 2 fully saturated rings. The minimum Gasteiger partial charge on any atom is -0.472 e. The third-order valence-corrected chi connectivity index (χ3v) is 6.23. The average molecular weight is 525 g/mol. The second kappa shape index (κ2) is 11.5. The monoisotopic (exact) mass is 524 g/mol. The lowest BCUT2D eigenvalue weighted by molar-refractivity contribution is -0.340. The summed E-state index contributed by atoms with van der Waals surface area (Å²) in [5.41, 5.74) is 3.08. The van der Waals surface area contributed by atoms with Gasteiger partial charge in [0.2, 0.25) is 5.88 Å². The first kappa shape index (κ1) is 27.0. The number of rotatable bonds is 7. The molecular weight excluding hydrogens is 493 g/mol. The van der Waals surface area contributed by atoms with E-state index in [4.69, 9.17) is 9.47 Å². The van der Waals surface area contributed by atoms with E-state index < -0.39 is 24.6 Å². The van der Waals surface area contributed by atoms with Crippen LogP contribution in [0.25, 0.3) is 11.1 Å². The Morgan fingerprint density at radius 1 is 1.24 bits per heavy atom. The van der Waals surface area contributed by atoms with E-state index in [1.807, 2.05) is 25.1 Å². The molecule has 0 spiro atoms. The van der Waals surface area contributed by atoms with Crippen molar-refractivity contribution < 1.29 is 37.3 Å². The molecule has 37 heavy (non-hydrogen) atoms. The number of halogens is 3. The van der Waals surface area contributed by atoms with E-state index in [9.17, 15) is 23.1 Å². The van der Waals surface area contributed by atoms with Crippen molar-refractivity contribution in [2.45, 2.75) is 38.8 Å². The summed E-state index contributed by atoms with van der Waals surface area (Å²) in [5, 5.41) is 12.2. The molecule has 2 saturated heterocycles. The number of benzene rings is 1. The number of aliphatic hydroxyl groups excluding tert-OH is 1. The second-order valence-electron chi connectivity index (χ2n) is 9.14. The van der Waals surface area contributed by atoms with Crippen molar-refractivity contribution in [3.05, 3.63) is 35.9 Å². The van der Waals surface area contributed by atoms with Gasteiger partial charge in [-0.05, 0) is 55.2 Å². The third-order valence-electron chi connectivity index (χ3n) is 6.23. The molecule has 2 aliphatic rings. The SMILES string of the molecule is Cc1ccc(NC(=O)N2CC[C@H](OC(F)(F)F)C2)cc1-c1cc(O[C@@H](C)CO)nc(N2CCOCC2)c1. The van der Waals surface area contributed by atoms with E-state index in [1.54, 1.807) is 19.1 Å². The van der Waals surface area contributed by atoms with Gasteiger partial charge in [0.15, 0.2) is 0 Å². The number of aliphatic hydroxyl groups is 1. The van der Waals surface area contributed by atoms with Crippen molar-refractivity contribution in [1.82, 2.24) is 9.88 Å². The number of urea groups is 1.